The van der Waals surface area contributed by atoms with Crippen LogP contribution in [0.25, 0.3) is 21.5 Å². The predicted molar refractivity (Wildman–Crippen MR) is 165 cm³/mol. The number of hydrogen-bond donors (Lipinski definition) is 0. The highest BCUT2D eigenvalue weighted by Crippen LogP contribution is 2.42. The van der Waals surface area contributed by atoms with Gasteiger partial charge >= 0.3 is 0 Å². The van der Waals surface area contributed by atoms with Gasteiger partial charge in [-0.1, -0.05) is 97.1 Å². The van der Waals surface area contributed by atoms with Crippen LogP contribution in [-0.4, -0.2) is 32.5 Å². The molecule has 1 unspecified atom stereocenters. The molecular formula is C34H20N8. The monoisotopic (exact) mass is 540 g/mol. The van der Waals surface area contributed by atoms with Crippen LogP contribution < -0.4 is 11.0 Å². The highest BCUT2D eigenvalue weighted by molar-refractivity contribution is 6.25. The number of nitrogens with zero attached hydrogens (tertiary/aromatic N) is 8. The Morgan fingerprint density at radius 3 is 1.19 bits per heavy atom. The summed E-state index contributed by atoms with van der Waals surface area (Å²) in [6.45, 7) is 2.17. The molecule has 0 amide bonds. The lowest BCUT2D eigenvalue weighted by Crippen LogP contribution is -2.35. The van der Waals surface area contributed by atoms with Crippen LogP contribution in [0.3, 0.4) is 0 Å². The first kappa shape index (κ1) is 22.0. The Bertz CT molecular complexity index is 2320. The van der Waals surface area contributed by atoms with E-state index in [2.05, 4.69) is 64.6 Å². The molecule has 8 nitrogen and oxygen atoms in total. The van der Waals surface area contributed by atoms with Crippen LogP contribution in [0.15, 0.2) is 127 Å². The third-order valence-electron chi connectivity index (χ3n) is 8.57. The summed E-state index contributed by atoms with van der Waals surface area (Å²) in [6.07, 6.45) is -0.275. The molecule has 0 aliphatic carbocycles. The fraction of sp³-hybridized carbons (Fsp3) is 0.0588. The van der Waals surface area contributed by atoms with Crippen molar-refractivity contribution in [3.8, 4) is 0 Å². The van der Waals surface area contributed by atoms with Gasteiger partial charge in [-0.2, -0.15) is 0 Å². The van der Waals surface area contributed by atoms with E-state index in [0.29, 0.717) is 23.3 Å². The molecule has 0 spiro atoms. The summed E-state index contributed by atoms with van der Waals surface area (Å²) in [7, 11) is 0. The maximum absolute atomic E-state index is 5.27. The Morgan fingerprint density at radius 1 is 0.405 bits per heavy atom. The summed E-state index contributed by atoms with van der Waals surface area (Å²) >= 11 is 0. The van der Waals surface area contributed by atoms with Crippen molar-refractivity contribution in [3.63, 3.8) is 0 Å². The quantitative estimate of drug-likeness (QED) is 0.240. The lowest BCUT2D eigenvalue weighted by molar-refractivity contribution is 0.454. The lowest BCUT2D eigenvalue weighted by atomic mass is 10.1. The van der Waals surface area contributed by atoms with Gasteiger partial charge in [0.1, 0.15) is 28.8 Å². The molecule has 1 atom stereocenters. The third kappa shape index (κ3) is 2.71. The Morgan fingerprint density at radius 2 is 0.762 bits per heavy atom. The summed E-state index contributed by atoms with van der Waals surface area (Å²) in [5.41, 5.74) is 5.44. The van der Waals surface area contributed by atoms with Crippen molar-refractivity contribution in [2.45, 2.75) is 13.1 Å². The molecule has 4 aliphatic rings. The van der Waals surface area contributed by atoms with Gasteiger partial charge in [0.25, 0.3) is 0 Å². The average molecular weight is 541 g/mol. The zero-order valence-electron chi connectivity index (χ0n) is 22.4. The predicted octanol–water partition coefficient (Wildman–Crippen LogP) is 5.61. The molecule has 0 fully saturated rings. The zero-order valence-corrected chi connectivity index (χ0v) is 22.4. The molecule has 8 heteroatoms. The fourth-order valence-electron chi connectivity index (χ4n) is 6.68. The molecular weight excluding hydrogens is 520 g/mol. The van der Waals surface area contributed by atoms with Crippen LogP contribution in [0, 0.1) is 0 Å². The van der Waals surface area contributed by atoms with Gasteiger partial charge in [-0.05, 0) is 6.92 Å². The Labute approximate surface area is 238 Å². The second-order valence-electron chi connectivity index (χ2n) is 10.8. The van der Waals surface area contributed by atoms with Crippen LogP contribution in [0.5, 0.6) is 0 Å². The number of amidine groups is 4. The summed E-state index contributed by atoms with van der Waals surface area (Å²) in [4.78, 5) is 31.1. The Hall–Kier alpha value is -5.76. The van der Waals surface area contributed by atoms with Crippen molar-refractivity contribution in [1.29, 1.82) is 0 Å². The molecule has 0 saturated carbocycles. The van der Waals surface area contributed by atoms with Crippen LogP contribution >= 0.6 is 0 Å². The maximum Gasteiger partial charge on any atom is 0.164 e. The van der Waals surface area contributed by atoms with Gasteiger partial charge in [-0.15, -0.1) is 0 Å². The number of rotatable bonds is 0. The minimum atomic E-state index is -0.275. The first-order valence-corrected chi connectivity index (χ1v) is 14.0. The van der Waals surface area contributed by atoms with E-state index in [0.717, 1.165) is 66.4 Å². The molecule has 6 bridgehead atoms. The first-order valence-electron chi connectivity index (χ1n) is 14.0. The van der Waals surface area contributed by atoms with E-state index in [9.17, 15) is 0 Å². The standard InChI is InChI=1S/C34H20N8/c1-18-41-31-23-14-6-7-15-24(23)33(41)39-29-21-12-4-5-13-22(21)30(36-29)40-34-26-17-9-8-16-25(26)32(42(18)34)38-28-20-11-3-2-10-19(20)27(35-28)37-31/h2-18H,1H3. The zero-order chi connectivity index (χ0) is 27.5. The average Bonchev–Trinajstić information content (AvgIpc) is 3.74. The normalized spacial score (nSPS) is 17.4. The van der Waals surface area contributed by atoms with Gasteiger partial charge in [0, 0.05) is 43.8 Å². The van der Waals surface area contributed by atoms with Gasteiger partial charge in [0.15, 0.2) is 23.3 Å². The SMILES string of the molecule is CC1n2c3c4ccccc4c2N=C2N=C(N=c4c5ccccc5c(n41)=NC1=NC(=N3)c3ccccc31)c1ccccc12. The van der Waals surface area contributed by atoms with E-state index in [1.807, 2.05) is 48.5 Å². The van der Waals surface area contributed by atoms with Gasteiger partial charge in [0.2, 0.25) is 0 Å². The lowest BCUT2D eigenvalue weighted by Gasteiger charge is -2.21. The Kier molecular flexibility index (Phi) is 4.03. The van der Waals surface area contributed by atoms with Crippen molar-refractivity contribution in [2.24, 2.45) is 30.0 Å². The number of fused-ring (bicyclic) bond motifs is 14. The van der Waals surface area contributed by atoms with E-state index >= 15 is 0 Å². The van der Waals surface area contributed by atoms with E-state index < -0.39 is 0 Å². The van der Waals surface area contributed by atoms with Gasteiger partial charge < -0.3 is 0 Å². The number of benzene rings is 4. The van der Waals surface area contributed by atoms with Crippen molar-refractivity contribution in [1.82, 2.24) is 9.13 Å². The van der Waals surface area contributed by atoms with Gasteiger partial charge in [-0.3, -0.25) is 9.13 Å². The third-order valence-corrected chi connectivity index (χ3v) is 8.57. The molecule has 6 heterocycles. The topological polar surface area (TPSA) is 84.0 Å². The van der Waals surface area contributed by atoms with Crippen molar-refractivity contribution >= 4 is 56.5 Å². The Balaban J connectivity index is 1.50. The van der Waals surface area contributed by atoms with Crippen LogP contribution in [0.2, 0.25) is 0 Å². The highest BCUT2D eigenvalue weighted by atomic mass is 15.3. The molecule has 6 aromatic rings. The minimum absolute atomic E-state index is 0.275. The van der Waals surface area contributed by atoms with Gasteiger partial charge in [-0.25, -0.2) is 30.0 Å². The molecule has 4 aromatic carbocycles. The summed E-state index contributed by atoms with van der Waals surface area (Å²) in [5.74, 6) is 4.17. The van der Waals surface area contributed by atoms with E-state index in [1.165, 1.54) is 0 Å². The molecule has 42 heavy (non-hydrogen) atoms. The van der Waals surface area contributed by atoms with E-state index in [-0.39, 0.29) is 6.17 Å². The summed E-state index contributed by atoms with van der Waals surface area (Å²) < 4.78 is 4.40. The van der Waals surface area contributed by atoms with Crippen molar-refractivity contribution in [2.75, 3.05) is 0 Å². The number of aromatic nitrogens is 2. The van der Waals surface area contributed by atoms with Gasteiger partial charge in [0.05, 0.1) is 0 Å². The number of hydrogen-bond acceptors (Lipinski definition) is 6. The largest absolute Gasteiger partial charge is 0.288 e. The molecule has 196 valence electrons. The van der Waals surface area contributed by atoms with Crippen LogP contribution in [0.1, 0.15) is 35.3 Å². The smallest absolute Gasteiger partial charge is 0.164 e. The molecule has 4 aliphatic heterocycles. The van der Waals surface area contributed by atoms with Crippen LogP contribution in [-0.2, 0) is 0 Å². The van der Waals surface area contributed by atoms with Crippen molar-refractivity contribution < 1.29 is 0 Å². The van der Waals surface area contributed by atoms with Crippen LogP contribution in [0.4, 0.5) is 11.6 Å². The van der Waals surface area contributed by atoms with Crippen molar-refractivity contribution in [3.05, 3.63) is 130 Å². The second-order valence-corrected chi connectivity index (χ2v) is 10.8. The molecule has 10 rings (SSSR count). The van der Waals surface area contributed by atoms with E-state index in [1.54, 1.807) is 0 Å². The minimum Gasteiger partial charge on any atom is -0.288 e. The molecule has 0 N–H and O–H groups in total. The van der Waals surface area contributed by atoms with E-state index in [4.69, 9.17) is 30.0 Å². The molecule has 2 aromatic heterocycles. The maximum atomic E-state index is 5.27. The summed E-state index contributed by atoms with van der Waals surface area (Å²) in [6, 6.07) is 33.0. The second kappa shape index (κ2) is 7.70. The highest BCUT2D eigenvalue weighted by Gasteiger charge is 2.31. The fourth-order valence-corrected chi connectivity index (χ4v) is 6.68. The molecule has 0 radical (unpaired) electrons. The number of aliphatic imine (C=N–C) groups is 4. The molecule has 0 saturated heterocycles. The summed E-state index contributed by atoms with van der Waals surface area (Å²) in [5, 5.41) is 4.00. The first-order chi connectivity index (χ1) is 20.7.